The number of hydrazone groups is 1. The molecule has 2 aromatic carbocycles. The maximum atomic E-state index is 6.10. The van der Waals surface area contributed by atoms with Crippen LogP contribution in [0.2, 0.25) is 5.02 Å². The molecule has 2 aromatic rings. The maximum absolute atomic E-state index is 6.10. The molecule has 4 nitrogen and oxygen atoms in total. The van der Waals surface area contributed by atoms with Crippen molar-refractivity contribution in [2.24, 2.45) is 5.10 Å². The maximum Gasteiger partial charge on any atom is 0.161 e. The minimum Gasteiger partial charge on any atom is -0.490 e. The van der Waals surface area contributed by atoms with Gasteiger partial charge in [0.15, 0.2) is 11.5 Å². The molecule has 1 N–H and O–H groups in total. The number of para-hydroxylation sites is 1. The summed E-state index contributed by atoms with van der Waals surface area (Å²) in [5.74, 6) is 1.55. The fraction of sp³-hybridized carbons (Fsp3) is 0.235. The first-order valence-corrected chi connectivity index (χ1v) is 7.57. The summed E-state index contributed by atoms with van der Waals surface area (Å²) in [4.78, 5) is 0. The number of rotatable bonds is 3. The van der Waals surface area contributed by atoms with Crippen LogP contribution in [-0.4, -0.2) is 18.9 Å². The highest BCUT2D eigenvalue weighted by Gasteiger charge is 2.11. The predicted octanol–water partition coefficient (Wildman–Crippen LogP) is 4.34. The molecule has 1 aliphatic rings. The summed E-state index contributed by atoms with van der Waals surface area (Å²) in [5.41, 5.74) is 5.58. The Hall–Kier alpha value is -2.20. The second-order valence-corrected chi connectivity index (χ2v) is 5.41. The van der Waals surface area contributed by atoms with Gasteiger partial charge in [0.05, 0.1) is 29.6 Å². The quantitative estimate of drug-likeness (QED) is 0.676. The molecule has 0 radical (unpaired) electrons. The average molecular weight is 317 g/mol. The summed E-state index contributed by atoms with van der Waals surface area (Å²) in [6.07, 6.45) is 0.894. The molecule has 0 saturated heterocycles. The van der Waals surface area contributed by atoms with E-state index in [2.05, 4.69) is 10.5 Å². The zero-order valence-corrected chi connectivity index (χ0v) is 13.1. The van der Waals surface area contributed by atoms with Crippen LogP contribution in [-0.2, 0) is 0 Å². The lowest BCUT2D eigenvalue weighted by atomic mass is 10.1. The van der Waals surface area contributed by atoms with Crippen LogP contribution in [0.15, 0.2) is 47.6 Å². The second-order valence-electron chi connectivity index (χ2n) is 5.00. The van der Waals surface area contributed by atoms with Gasteiger partial charge in [-0.1, -0.05) is 23.7 Å². The SMILES string of the molecule is C/C(=N/Nc1ccccc1Cl)c1ccc2c(c1)OCCCO2. The zero-order chi connectivity index (χ0) is 15.4. The topological polar surface area (TPSA) is 42.9 Å². The zero-order valence-electron chi connectivity index (χ0n) is 12.3. The third-order valence-electron chi connectivity index (χ3n) is 3.38. The minimum atomic E-state index is 0.637. The van der Waals surface area contributed by atoms with E-state index in [0.717, 1.165) is 34.9 Å². The predicted molar refractivity (Wildman–Crippen MR) is 89.3 cm³/mol. The summed E-state index contributed by atoms with van der Waals surface area (Å²) in [6, 6.07) is 13.3. The van der Waals surface area contributed by atoms with E-state index in [0.29, 0.717) is 18.2 Å². The van der Waals surface area contributed by atoms with E-state index in [4.69, 9.17) is 21.1 Å². The minimum absolute atomic E-state index is 0.637. The Kier molecular flexibility index (Phi) is 4.49. The van der Waals surface area contributed by atoms with E-state index < -0.39 is 0 Å². The monoisotopic (exact) mass is 316 g/mol. The molecule has 0 atom stereocenters. The average Bonchev–Trinajstić information content (AvgIpc) is 2.78. The second kappa shape index (κ2) is 6.71. The van der Waals surface area contributed by atoms with Crippen molar-refractivity contribution in [1.82, 2.24) is 0 Å². The molecular formula is C17H17ClN2O2. The molecule has 22 heavy (non-hydrogen) atoms. The van der Waals surface area contributed by atoms with Crippen molar-refractivity contribution in [1.29, 1.82) is 0 Å². The van der Waals surface area contributed by atoms with E-state index in [-0.39, 0.29) is 0 Å². The third-order valence-corrected chi connectivity index (χ3v) is 3.71. The van der Waals surface area contributed by atoms with Gasteiger partial charge >= 0.3 is 0 Å². The third kappa shape index (κ3) is 3.34. The van der Waals surface area contributed by atoms with E-state index in [9.17, 15) is 0 Å². The summed E-state index contributed by atoms with van der Waals surface area (Å²) in [6.45, 7) is 3.29. The van der Waals surface area contributed by atoms with Gasteiger partial charge in [-0.3, -0.25) is 5.43 Å². The molecule has 1 heterocycles. The van der Waals surface area contributed by atoms with Crippen LogP contribution in [0.25, 0.3) is 0 Å². The van der Waals surface area contributed by atoms with E-state index in [1.165, 1.54) is 0 Å². The summed E-state index contributed by atoms with van der Waals surface area (Å²) in [5, 5.41) is 5.02. The molecule has 3 rings (SSSR count). The fourth-order valence-electron chi connectivity index (χ4n) is 2.15. The Morgan fingerprint density at radius 2 is 1.86 bits per heavy atom. The van der Waals surface area contributed by atoms with Crippen molar-refractivity contribution in [2.45, 2.75) is 13.3 Å². The lowest BCUT2D eigenvalue weighted by Crippen LogP contribution is -2.01. The van der Waals surface area contributed by atoms with Crippen molar-refractivity contribution in [3.8, 4) is 11.5 Å². The fourth-order valence-corrected chi connectivity index (χ4v) is 2.33. The Labute approximate surface area is 134 Å². The molecule has 0 spiro atoms. The lowest BCUT2D eigenvalue weighted by Gasteiger charge is -2.10. The normalized spacial score (nSPS) is 14.4. The Morgan fingerprint density at radius 3 is 2.68 bits per heavy atom. The van der Waals surface area contributed by atoms with Gasteiger partial charge in [0, 0.05) is 12.0 Å². The largest absolute Gasteiger partial charge is 0.490 e. The highest BCUT2D eigenvalue weighted by Crippen LogP contribution is 2.30. The molecule has 0 amide bonds. The Balaban J connectivity index is 1.80. The van der Waals surface area contributed by atoms with Gasteiger partial charge < -0.3 is 9.47 Å². The van der Waals surface area contributed by atoms with Crippen molar-refractivity contribution >= 4 is 23.0 Å². The number of ether oxygens (including phenoxy) is 2. The van der Waals surface area contributed by atoms with Crippen LogP contribution in [0.3, 0.4) is 0 Å². The number of hydrogen-bond donors (Lipinski definition) is 1. The molecule has 0 aliphatic carbocycles. The van der Waals surface area contributed by atoms with Crippen LogP contribution in [0, 0.1) is 0 Å². The van der Waals surface area contributed by atoms with Gasteiger partial charge in [-0.15, -0.1) is 0 Å². The number of fused-ring (bicyclic) bond motifs is 1. The number of nitrogens with one attached hydrogen (secondary N) is 1. The lowest BCUT2D eigenvalue weighted by molar-refractivity contribution is 0.297. The van der Waals surface area contributed by atoms with E-state index in [1.54, 1.807) is 0 Å². The molecule has 0 unspecified atom stereocenters. The molecular weight excluding hydrogens is 300 g/mol. The van der Waals surface area contributed by atoms with Gasteiger partial charge in [-0.25, -0.2) is 0 Å². The first kappa shape index (κ1) is 14.7. The summed E-state index contributed by atoms with van der Waals surface area (Å²) < 4.78 is 11.3. The van der Waals surface area contributed by atoms with Crippen molar-refractivity contribution < 1.29 is 9.47 Å². The summed E-state index contributed by atoms with van der Waals surface area (Å²) in [7, 11) is 0. The Bertz CT molecular complexity index is 701. The van der Waals surface area contributed by atoms with Crippen molar-refractivity contribution in [3.05, 3.63) is 53.1 Å². The van der Waals surface area contributed by atoms with Crippen LogP contribution in [0.5, 0.6) is 11.5 Å². The molecule has 0 fully saturated rings. The molecule has 114 valence electrons. The van der Waals surface area contributed by atoms with Crippen molar-refractivity contribution in [2.75, 3.05) is 18.6 Å². The van der Waals surface area contributed by atoms with Crippen LogP contribution in [0.4, 0.5) is 5.69 Å². The highest BCUT2D eigenvalue weighted by atomic mass is 35.5. The number of hydrogen-bond acceptors (Lipinski definition) is 4. The van der Waals surface area contributed by atoms with E-state index >= 15 is 0 Å². The van der Waals surface area contributed by atoms with Crippen LogP contribution < -0.4 is 14.9 Å². The highest BCUT2D eigenvalue weighted by molar-refractivity contribution is 6.33. The van der Waals surface area contributed by atoms with Crippen molar-refractivity contribution in [3.63, 3.8) is 0 Å². The van der Waals surface area contributed by atoms with Gasteiger partial charge in [0.1, 0.15) is 0 Å². The van der Waals surface area contributed by atoms with E-state index in [1.807, 2.05) is 49.4 Å². The van der Waals surface area contributed by atoms with Gasteiger partial charge in [0.2, 0.25) is 0 Å². The first-order valence-electron chi connectivity index (χ1n) is 7.19. The molecule has 5 heteroatoms. The molecule has 0 bridgehead atoms. The standard InChI is InChI=1S/C17H17ClN2O2/c1-12(19-20-15-6-3-2-5-14(15)18)13-7-8-16-17(11-13)22-10-4-9-21-16/h2-3,5-8,11,20H,4,9-10H2,1H3/b19-12-. The van der Waals surface area contributed by atoms with Gasteiger partial charge in [-0.2, -0.15) is 5.10 Å². The molecule has 0 aromatic heterocycles. The van der Waals surface area contributed by atoms with Gasteiger partial charge in [-0.05, 0) is 37.3 Å². The molecule has 1 aliphatic heterocycles. The number of halogens is 1. The van der Waals surface area contributed by atoms with Crippen LogP contribution >= 0.6 is 11.6 Å². The smallest absolute Gasteiger partial charge is 0.161 e. The Morgan fingerprint density at radius 1 is 1.09 bits per heavy atom. The summed E-state index contributed by atoms with van der Waals surface area (Å²) >= 11 is 6.10. The van der Waals surface area contributed by atoms with Crippen LogP contribution in [0.1, 0.15) is 18.9 Å². The number of benzene rings is 2. The first-order chi connectivity index (χ1) is 10.7. The number of nitrogens with zero attached hydrogens (tertiary/aromatic N) is 1. The van der Waals surface area contributed by atoms with Gasteiger partial charge in [0.25, 0.3) is 0 Å². The molecule has 0 saturated carbocycles. The number of anilines is 1.